The van der Waals surface area contributed by atoms with Crippen LogP contribution in [-0.4, -0.2) is 57.9 Å². The number of likely N-dealkylation sites (tertiary alicyclic amines) is 1. The van der Waals surface area contributed by atoms with E-state index in [1.54, 1.807) is 24.1 Å². The third kappa shape index (κ3) is 4.13. The van der Waals surface area contributed by atoms with Crippen molar-refractivity contribution in [2.24, 2.45) is 7.05 Å². The zero-order valence-corrected chi connectivity index (χ0v) is 18.8. The van der Waals surface area contributed by atoms with Gasteiger partial charge in [-0.3, -0.25) is 19.7 Å². The molecule has 2 aliphatic heterocycles. The number of carbonyl (C=O) groups excluding carboxylic acids is 3. The predicted molar refractivity (Wildman–Crippen MR) is 116 cm³/mol. The van der Waals surface area contributed by atoms with Crippen LogP contribution in [0.2, 0.25) is 0 Å². The summed E-state index contributed by atoms with van der Waals surface area (Å²) in [5.74, 6) is -0.407. The minimum absolute atomic E-state index is 0.0349. The lowest BCUT2D eigenvalue weighted by Gasteiger charge is -2.33. The number of carbonyl (C=O) groups is 3. The van der Waals surface area contributed by atoms with Gasteiger partial charge in [0.2, 0.25) is 5.91 Å². The van der Waals surface area contributed by atoms with E-state index in [0.717, 1.165) is 0 Å². The molecule has 2 saturated heterocycles. The topological polar surface area (TPSA) is 96.8 Å². The minimum atomic E-state index is -0.555. The molecule has 0 spiro atoms. The third-order valence-corrected chi connectivity index (χ3v) is 5.85. The van der Waals surface area contributed by atoms with Crippen LogP contribution < -0.4 is 10.2 Å². The molecule has 0 unspecified atom stereocenters. The molecule has 0 atom stereocenters. The van der Waals surface area contributed by atoms with Crippen molar-refractivity contribution in [1.29, 1.82) is 0 Å². The molecular formula is C22H28FN5O4. The number of amides is 4. The molecular weight excluding hydrogens is 417 g/mol. The highest BCUT2D eigenvalue weighted by Gasteiger charge is 2.32. The van der Waals surface area contributed by atoms with Crippen LogP contribution in [0.5, 0.6) is 0 Å². The Morgan fingerprint density at radius 1 is 1.19 bits per heavy atom. The quantitative estimate of drug-likeness (QED) is 0.765. The summed E-state index contributed by atoms with van der Waals surface area (Å²) in [5.41, 5.74) is 0.340. The number of hydrogen-bond acceptors (Lipinski definition) is 5. The summed E-state index contributed by atoms with van der Waals surface area (Å²) in [6, 6.07) is 2.96. The van der Waals surface area contributed by atoms with E-state index in [1.165, 1.54) is 9.58 Å². The van der Waals surface area contributed by atoms with Crippen molar-refractivity contribution < 1.29 is 23.5 Å². The summed E-state index contributed by atoms with van der Waals surface area (Å²) in [4.78, 5) is 39.0. The molecule has 2 aromatic rings. The van der Waals surface area contributed by atoms with Gasteiger partial charge in [0.15, 0.2) is 11.6 Å². The molecule has 4 amide bonds. The number of nitrogens with one attached hydrogen (secondary N) is 1. The number of benzene rings is 1. The Balaban J connectivity index is 1.55. The Bertz CT molecular complexity index is 1080. The maximum Gasteiger partial charge on any atom is 0.410 e. The smallest absolute Gasteiger partial charge is 0.410 e. The summed E-state index contributed by atoms with van der Waals surface area (Å²) in [7, 11) is 1.64. The van der Waals surface area contributed by atoms with Crippen molar-refractivity contribution in [3.8, 4) is 0 Å². The van der Waals surface area contributed by atoms with Crippen LogP contribution in [0.15, 0.2) is 12.1 Å². The number of imide groups is 1. The van der Waals surface area contributed by atoms with Gasteiger partial charge in [-0.15, -0.1) is 0 Å². The third-order valence-electron chi connectivity index (χ3n) is 5.85. The first-order valence-electron chi connectivity index (χ1n) is 10.8. The van der Waals surface area contributed by atoms with Crippen LogP contribution in [0.3, 0.4) is 0 Å². The van der Waals surface area contributed by atoms with Crippen molar-refractivity contribution in [2.45, 2.75) is 51.6 Å². The lowest BCUT2D eigenvalue weighted by Crippen LogP contribution is -2.49. The number of hydrogen-bond donors (Lipinski definition) is 1. The molecule has 0 aliphatic carbocycles. The van der Waals surface area contributed by atoms with Crippen LogP contribution in [0.4, 0.5) is 19.8 Å². The number of piperidine rings is 1. The normalized spacial score (nSPS) is 18.3. The van der Waals surface area contributed by atoms with Crippen molar-refractivity contribution in [3.63, 3.8) is 0 Å². The van der Waals surface area contributed by atoms with E-state index < -0.39 is 11.6 Å². The number of anilines is 1. The van der Waals surface area contributed by atoms with Gasteiger partial charge in [-0.05, 0) is 51.2 Å². The van der Waals surface area contributed by atoms with Gasteiger partial charge in [-0.25, -0.2) is 14.0 Å². The standard InChI is InChI=1S/C22H28FN5O4/c1-22(2,3)32-21(31)27-10-7-13(8-11-27)14-5-6-15-18(17(14)23)26(4)25-19(15)28-12-9-16(29)24-20(28)30/h5-6,13H,7-12H2,1-4H3,(H,24,29,30). The molecule has 2 aliphatic rings. The summed E-state index contributed by atoms with van der Waals surface area (Å²) in [5, 5.41) is 7.15. The van der Waals surface area contributed by atoms with Gasteiger partial charge in [0.05, 0.1) is 0 Å². The Morgan fingerprint density at radius 2 is 1.88 bits per heavy atom. The number of rotatable bonds is 2. The molecule has 2 fully saturated rings. The average molecular weight is 445 g/mol. The van der Waals surface area contributed by atoms with E-state index in [9.17, 15) is 14.4 Å². The molecule has 32 heavy (non-hydrogen) atoms. The first kappa shape index (κ1) is 22.0. The Kier molecular flexibility index (Phi) is 5.56. The lowest BCUT2D eigenvalue weighted by molar-refractivity contribution is -0.120. The minimum Gasteiger partial charge on any atom is -0.444 e. The highest BCUT2D eigenvalue weighted by molar-refractivity contribution is 6.08. The van der Waals surface area contributed by atoms with Crippen LogP contribution in [0, 0.1) is 5.82 Å². The number of fused-ring (bicyclic) bond motifs is 1. The Hall–Kier alpha value is -3.17. The van der Waals surface area contributed by atoms with E-state index in [4.69, 9.17) is 4.74 Å². The monoisotopic (exact) mass is 445 g/mol. The molecule has 3 heterocycles. The first-order chi connectivity index (χ1) is 15.0. The van der Waals surface area contributed by atoms with Crippen LogP contribution in [0.1, 0.15) is 51.5 Å². The number of ether oxygens (including phenoxy) is 1. The molecule has 0 bridgehead atoms. The van der Waals surface area contributed by atoms with E-state index in [1.807, 2.05) is 20.8 Å². The van der Waals surface area contributed by atoms with Crippen LogP contribution in [0.25, 0.3) is 10.9 Å². The number of urea groups is 1. The van der Waals surface area contributed by atoms with Gasteiger partial charge in [0.1, 0.15) is 11.1 Å². The molecule has 1 aromatic heterocycles. The van der Waals surface area contributed by atoms with Gasteiger partial charge in [-0.1, -0.05) is 6.07 Å². The highest BCUT2D eigenvalue weighted by atomic mass is 19.1. The van der Waals surface area contributed by atoms with Crippen molar-refractivity contribution >= 4 is 34.8 Å². The largest absolute Gasteiger partial charge is 0.444 e. The second kappa shape index (κ2) is 8.07. The number of nitrogens with zero attached hydrogens (tertiary/aromatic N) is 4. The number of aromatic nitrogens is 2. The van der Waals surface area contributed by atoms with Gasteiger partial charge >= 0.3 is 12.1 Å². The van der Waals surface area contributed by atoms with Gasteiger partial charge in [0.25, 0.3) is 0 Å². The average Bonchev–Trinajstić information content (AvgIpc) is 3.04. The maximum atomic E-state index is 15.6. The molecule has 0 radical (unpaired) electrons. The second-order valence-electron chi connectivity index (χ2n) is 9.31. The Labute approximate surface area is 185 Å². The summed E-state index contributed by atoms with van der Waals surface area (Å²) >= 11 is 0. The van der Waals surface area contributed by atoms with E-state index in [2.05, 4.69) is 10.4 Å². The molecule has 1 aromatic carbocycles. The first-order valence-corrected chi connectivity index (χ1v) is 10.8. The SMILES string of the molecule is Cn1nc(N2CCC(=O)NC2=O)c2ccc(C3CCN(C(=O)OC(C)(C)C)CC3)c(F)c21. The van der Waals surface area contributed by atoms with Crippen molar-refractivity contribution in [3.05, 3.63) is 23.5 Å². The Morgan fingerprint density at radius 3 is 2.50 bits per heavy atom. The fraction of sp³-hybridized carbons (Fsp3) is 0.545. The van der Waals surface area contributed by atoms with Gasteiger partial charge < -0.3 is 9.64 Å². The number of halogens is 1. The molecule has 4 rings (SSSR count). The summed E-state index contributed by atoms with van der Waals surface area (Å²) in [6.45, 7) is 6.68. The molecule has 9 nitrogen and oxygen atoms in total. The van der Waals surface area contributed by atoms with Crippen LogP contribution >= 0.6 is 0 Å². The molecule has 0 saturated carbocycles. The second-order valence-corrected chi connectivity index (χ2v) is 9.31. The lowest BCUT2D eigenvalue weighted by atomic mass is 9.88. The zero-order valence-electron chi connectivity index (χ0n) is 18.8. The van der Waals surface area contributed by atoms with E-state index in [-0.39, 0.29) is 36.7 Å². The van der Waals surface area contributed by atoms with E-state index in [0.29, 0.717) is 48.2 Å². The molecule has 10 heteroatoms. The summed E-state index contributed by atoms with van der Waals surface area (Å²) < 4.78 is 22.5. The number of aryl methyl sites for hydroxylation is 1. The van der Waals surface area contributed by atoms with Crippen molar-refractivity contribution in [2.75, 3.05) is 24.5 Å². The molecule has 1 N–H and O–H groups in total. The van der Waals surface area contributed by atoms with Gasteiger partial charge in [0, 0.05) is 38.5 Å². The van der Waals surface area contributed by atoms with Crippen molar-refractivity contribution in [1.82, 2.24) is 20.0 Å². The van der Waals surface area contributed by atoms with Crippen LogP contribution in [-0.2, 0) is 16.6 Å². The van der Waals surface area contributed by atoms with E-state index >= 15 is 4.39 Å². The van der Waals surface area contributed by atoms with Gasteiger partial charge in [-0.2, -0.15) is 5.10 Å². The predicted octanol–water partition coefficient (Wildman–Crippen LogP) is 3.27. The zero-order chi connectivity index (χ0) is 23.2. The summed E-state index contributed by atoms with van der Waals surface area (Å²) in [6.07, 6.45) is 1.08. The fourth-order valence-electron chi connectivity index (χ4n) is 4.30. The maximum absolute atomic E-state index is 15.6. The fourth-order valence-corrected chi connectivity index (χ4v) is 4.30. The highest BCUT2D eigenvalue weighted by Crippen LogP contribution is 2.36. The molecule has 172 valence electrons.